The lowest BCUT2D eigenvalue weighted by molar-refractivity contribution is -0.384. The predicted octanol–water partition coefficient (Wildman–Crippen LogP) is 4.02. The fourth-order valence-corrected chi connectivity index (χ4v) is 3.13. The van der Waals surface area contributed by atoms with Crippen LogP contribution in [0.25, 0.3) is 0 Å². The number of anilines is 1. The smallest absolute Gasteiger partial charge is 0.270 e. The van der Waals surface area contributed by atoms with Gasteiger partial charge < -0.3 is 10.6 Å². The lowest BCUT2D eigenvalue weighted by atomic mass is 10.1. The largest absolute Gasteiger partial charge is 0.382 e. The molecule has 2 aromatic carbocycles. The van der Waals surface area contributed by atoms with Gasteiger partial charge in [0.15, 0.2) is 0 Å². The minimum absolute atomic E-state index is 0.131. The zero-order valence-corrected chi connectivity index (χ0v) is 14.2. The van der Waals surface area contributed by atoms with Gasteiger partial charge in [-0.2, -0.15) is 0 Å². The van der Waals surface area contributed by atoms with Crippen LogP contribution in [0.3, 0.4) is 0 Å². The van der Waals surface area contributed by atoms with Gasteiger partial charge in [0.25, 0.3) is 11.6 Å². The number of hydrogen-bond donors (Lipinski definition) is 2. The molecule has 0 aromatic heterocycles. The quantitative estimate of drug-likeness (QED) is 0.604. The van der Waals surface area contributed by atoms with E-state index in [1.165, 1.54) is 24.3 Å². The lowest BCUT2D eigenvalue weighted by Gasteiger charge is -2.17. The highest BCUT2D eigenvalue weighted by Gasteiger charge is 2.20. The second-order valence-electron chi connectivity index (χ2n) is 6.42. The van der Waals surface area contributed by atoms with Gasteiger partial charge in [0.05, 0.1) is 10.5 Å². The van der Waals surface area contributed by atoms with Crippen molar-refractivity contribution in [3.05, 3.63) is 69.5 Å². The Morgan fingerprint density at radius 3 is 2.50 bits per heavy atom. The van der Waals surface area contributed by atoms with E-state index in [4.69, 9.17) is 0 Å². The van der Waals surface area contributed by atoms with Crippen LogP contribution in [0.5, 0.6) is 0 Å². The molecule has 2 aromatic rings. The zero-order chi connectivity index (χ0) is 18.5. The first-order chi connectivity index (χ1) is 12.5. The topological polar surface area (TPSA) is 84.3 Å². The molecule has 136 valence electrons. The number of halogens is 1. The molecule has 0 spiro atoms. The number of nitro benzene ring substituents is 1. The Balaban J connectivity index is 1.77. The summed E-state index contributed by atoms with van der Waals surface area (Å²) in [6, 6.07) is 10.4. The van der Waals surface area contributed by atoms with E-state index in [0.717, 1.165) is 31.2 Å². The van der Waals surface area contributed by atoms with Crippen molar-refractivity contribution < 1.29 is 14.1 Å². The van der Waals surface area contributed by atoms with E-state index in [2.05, 4.69) is 10.6 Å². The summed E-state index contributed by atoms with van der Waals surface area (Å²) in [5.41, 5.74) is 1.46. The van der Waals surface area contributed by atoms with Crippen molar-refractivity contribution in [1.29, 1.82) is 0 Å². The van der Waals surface area contributed by atoms with Gasteiger partial charge in [0, 0.05) is 30.4 Å². The number of nitrogens with one attached hydrogen (secondary N) is 2. The van der Waals surface area contributed by atoms with Gasteiger partial charge in [-0.15, -0.1) is 0 Å². The predicted molar refractivity (Wildman–Crippen MR) is 96.5 cm³/mol. The molecule has 0 heterocycles. The molecule has 6 nitrogen and oxygen atoms in total. The third-order valence-electron chi connectivity index (χ3n) is 4.54. The third kappa shape index (κ3) is 4.36. The summed E-state index contributed by atoms with van der Waals surface area (Å²) in [5, 5.41) is 17.1. The van der Waals surface area contributed by atoms with Crippen LogP contribution in [0.1, 0.15) is 41.6 Å². The molecular weight excluding hydrogens is 337 g/mol. The highest BCUT2D eigenvalue weighted by molar-refractivity contribution is 6.00. The molecule has 1 amide bonds. The maximum absolute atomic E-state index is 13.0. The molecule has 0 saturated heterocycles. The van der Waals surface area contributed by atoms with E-state index in [9.17, 15) is 19.3 Å². The average Bonchev–Trinajstić information content (AvgIpc) is 3.14. The van der Waals surface area contributed by atoms with Gasteiger partial charge >= 0.3 is 0 Å². The van der Waals surface area contributed by atoms with Gasteiger partial charge in [-0.05, 0) is 36.6 Å². The molecule has 0 bridgehead atoms. The van der Waals surface area contributed by atoms with Crippen molar-refractivity contribution in [3.8, 4) is 0 Å². The van der Waals surface area contributed by atoms with Gasteiger partial charge in [0.2, 0.25) is 0 Å². The fourth-order valence-electron chi connectivity index (χ4n) is 3.13. The molecule has 1 saturated carbocycles. The molecule has 26 heavy (non-hydrogen) atoms. The summed E-state index contributed by atoms with van der Waals surface area (Å²) in [7, 11) is 0. The van der Waals surface area contributed by atoms with Crippen molar-refractivity contribution in [2.24, 2.45) is 0 Å². The molecule has 1 aliphatic rings. The van der Waals surface area contributed by atoms with Crippen LogP contribution in [0.4, 0.5) is 15.8 Å². The monoisotopic (exact) mass is 357 g/mol. The maximum Gasteiger partial charge on any atom is 0.270 e. The summed E-state index contributed by atoms with van der Waals surface area (Å²) in [5.74, 6) is -0.750. The standard InChI is InChI=1S/C19H20FN3O3/c20-14-7-5-13(6-8-14)12-21-19(24)17-11-16(23(25)26)9-10-18(17)22-15-3-1-2-4-15/h5-11,15,22H,1-4,12H2,(H,21,24). The number of carbonyl (C=O) groups excluding carboxylic acids is 1. The van der Waals surface area contributed by atoms with E-state index >= 15 is 0 Å². The first-order valence-corrected chi connectivity index (χ1v) is 8.60. The first kappa shape index (κ1) is 17.8. The number of hydrogen-bond acceptors (Lipinski definition) is 4. The van der Waals surface area contributed by atoms with Crippen molar-refractivity contribution in [2.45, 2.75) is 38.3 Å². The van der Waals surface area contributed by atoms with Gasteiger partial charge in [-0.1, -0.05) is 25.0 Å². The second-order valence-corrected chi connectivity index (χ2v) is 6.42. The number of rotatable bonds is 6. The molecular formula is C19H20FN3O3. The van der Waals surface area contributed by atoms with E-state index in [1.807, 2.05) is 0 Å². The Morgan fingerprint density at radius 2 is 1.85 bits per heavy atom. The first-order valence-electron chi connectivity index (χ1n) is 8.60. The van der Waals surface area contributed by atoms with E-state index in [1.54, 1.807) is 18.2 Å². The minimum atomic E-state index is -0.518. The molecule has 0 radical (unpaired) electrons. The Morgan fingerprint density at radius 1 is 1.15 bits per heavy atom. The van der Waals surface area contributed by atoms with Crippen LogP contribution in [-0.4, -0.2) is 16.9 Å². The highest BCUT2D eigenvalue weighted by Crippen LogP contribution is 2.27. The molecule has 0 unspecified atom stereocenters. The molecule has 2 N–H and O–H groups in total. The fraction of sp³-hybridized carbons (Fsp3) is 0.316. The van der Waals surface area contributed by atoms with Gasteiger partial charge in [-0.3, -0.25) is 14.9 Å². The third-order valence-corrected chi connectivity index (χ3v) is 4.54. The van der Waals surface area contributed by atoms with E-state index in [0.29, 0.717) is 5.69 Å². The van der Waals surface area contributed by atoms with Crippen LogP contribution in [0, 0.1) is 15.9 Å². The lowest BCUT2D eigenvalue weighted by Crippen LogP contribution is -2.25. The Hall–Kier alpha value is -2.96. The average molecular weight is 357 g/mol. The van der Waals surface area contributed by atoms with Crippen molar-refractivity contribution in [1.82, 2.24) is 5.32 Å². The Kier molecular flexibility index (Phi) is 5.46. The number of non-ortho nitro benzene ring substituents is 1. The van der Waals surface area contributed by atoms with Crippen LogP contribution < -0.4 is 10.6 Å². The summed E-state index contributed by atoms with van der Waals surface area (Å²) < 4.78 is 13.0. The SMILES string of the molecule is O=C(NCc1ccc(F)cc1)c1cc([N+](=O)[O-])ccc1NC1CCCC1. The van der Waals surface area contributed by atoms with Crippen LogP contribution in [0.15, 0.2) is 42.5 Å². The summed E-state index contributed by atoms with van der Waals surface area (Å²) >= 11 is 0. The molecule has 3 rings (SSSR count). The molecule has 0 atom stereocenters. The molecule has 0 aliphatic heterocycles. The number of nitrogens with zero attached hydrogens (tertiary/aromatic N) is 1. The summed E-state index contributed by atoms with van der Waals surface area (Å²) in [6.45, 7) is 0.213. The summed E-state index contributed by atoms with van der Waals surface area (Å²) in [6.07, 6.45) is 4.31. The Bertz CT molecular complexity index is 802. The number of nitro groups is 1. The van der Waals surface area contributed by atoms with Crippen molar-refractivity contribution in [3.63, 3.8) is 0 Å². The number of benzene rings is 2. The summed E-state index contributed by atoms with van der Waals surface area (Å²) in [4.78, 5) is 23.1. The van der Waals surface area contributed by atoms with Crippen molar-refractivity contribution >= 4 is 17.3 Å². The van der Waals surface area contributed by atoms with Crippen LogP contribution in [0.2, 0.25) is 0 Å². The number of amides is 1. The van der Waals surface area contributed by atoms with Crippen LogP contribution >= 0.6 is 0 Å². The van der Waals surface area contributed by atoms with E-state index in [-0.39, 0.29) is 29.7 Å². The normalized spacial score (nSPS) is 14.2. The zero-order valence-electron chi connectivity index (χ0n) is 14.2. The number of carbonyl (C=O) groups is 1. The highest BCUT2D eigenvalue weighted by atomic mass is 19.1. The Labute approximate surface area is 150 Å². The molecule has 1 fully saturated rings. The van der Waals surface area contributed by atoms with Crippen molar-refractivity contribution in [2.75, 3.05) is 5.32 Å². The second kappa shape index (κ2) is 7.95. The van der Waals surface area contributed by atoms with E-state index < -0.39 is 10.8 Å². The minimum Gasteiger partial charge on any atom is -0.382 e. The maximum atomic E-state index is 13.0. The molecule has 7 heteroatoms. The molecule has 1 aliphatic carbocycles. The van der Waals surface area contributed by atoms with Gasteiger partial charge in [-0.25, -0.2) is 4.39 Å². The van der Waals surface area contributed by atoms with Gasteiger partial charge in [0.1, 0.15) is 5.82 Å². The van der Waals surface area contributed by atoms with Crippen LogP contribution in [-0.2, 0) is 6.54 Å².